The van der Waals surface area contributed by atoms with Crippen LogP contribution in [0.2, 0.25) is 0 Å². The largest absolute Gasteiger partial charge is 0.385 e. The zero-order valence-corrected chi connectivity index (χ0v) is 13.3. The van der Waals surface area contributed by atoms with Crippen LogP contribution < -0.4 is 11.1 Å². The number of benzene rings is 2. The number of nitrogens with two attached hydrogens (primary N) is 1. The van der Waals surface area contributed by atoms with E-state index in [4.69, 9.17) is 5.73 Å². The van der Waals surface area contributed by atoms with Crippen molar-refractivity contribution in [2.45, 2.75) is 11.8 Å². The second-order valence-corrected chi connectivity index (χ2v) is 6.97. The van der Waals surface area contributed by atoms with Gasteiger partial charge in [0.1, 0.15) is 0 Å². The molecule has 3 N–H and O–H groups in total. The Morgan fingerprint density at radius 3 is 2.50 bits per heavy atom. The Hall–Kier alpha value is -2.34. The van der Waals surface area contributed by atoms with E-state index in [1.54, 1.807) is 36.4 Å². The van der Waals surface area contributed by atoms with Gasteiger partial charge in [0.05, 0.1) is 4.90 Å². The minimum atomic E-state index is -3.27. The van der Waals surface area contributed by atoms with Gasteiger partial charge in [-0.1, -0.05) is 18.2 Å². The molecule has 0 aliphatic carbocycles. The summed E-state index contributed by atoms with van der Waals surface area (Å²) in [5.41, 5.74) is 8.02. The molecule has 0 bridgehead atoms. The predicted molar refractivity (Wildman–Crippen MR) is 87.7 cm³/mol. The molecule has 0 radical (unpaired) electrons. The summed E-state index contributed by atoms with van der Waals surface area (Å²) < 4.78 is 23.4. The summed E-state index contributed by atoms with van der Waals surface area (Å²) in [6.07, 6.45) is 1.17. The van der Waals surface area contributed by atoms with E-state index in [0.717, 1.165) is 16.8 Å². The van der Waals surface area contributed by atoms with Crippen molar-refractivity contribution in [3.8, 4) is 11.1 Å². The fourth-order valence-electron chi connectivity index (χ4n) is 2.18. The van der Waals surface area contributed by atoms with Gasteiger partial charge in [-0.3, -0.25) is 4.79 Å². The van der Waals surface area contributed by atoms with Crippen molar-refractivity contribution in [1.82, 2.24) is 0 Å². The van der Waals surface area contributed by atoms with E-state index in [1.165, 1.54) is 6.26 Å². The summed E-state index contributed by atoms with van der Waals surface area (Å²) in [6, 6.07) is 11.8. The molecule has 0 fully saturated rings. The molecule has 1 amide bonds. The molecule has 6 heteroatoms. The van der Waals surface area contributed by atoms with Gasteiger partial charge < -0.3 is 11.1 Å². The smallest absolute Gasteiger partial charge is 0.248 e. The van der Waals surface area contributed by atoms with Crippen LogP contribution >= 0.6 is 0 Å². The molecule has 2 aromatic carbocycles. The molecule has 0 aliphatic heterocycles. The average Bonchev–Trinajstić information content (AvgIpc) is 2.46. The third-order valence-corrected chi connectivity index (χ3v) is 4.35. The summed E-state index contributed by atoms with van der Waals surface area (Å²) >= 11 is 0. The predicted octanol–water partition coefficient (Wildman–Crippen LogP) is 2.29. The summed E-state index contributed by atoms with van der Waals surface area (Å²) in [4.78, 5) is 11.6. The van der Waals surface area contributed by atoms with Crippen LogP contribution in [0.15, 0.2) is 47.4 Å². The summed E-state index contributed by atoms with van der Waals surface area (Å²) in [6.45, 7) is 2.61. The highest BCUT2D eigenvalue weighted by molar-refractivity contribution is 7.90. The van der Waals surface area contributed by atoms with E-state index >= 15 is 0 Å². The fraction of sp³-hybridized carbons (Fsp3) is 0.188. The molecule has 2 aromatic rings. The molecule has 0 saturated heterocycles. The molecule has 0 aromatic heterocycles. The molecule has 0 saturated carbocycles. The third-order valence-electron chi connectivity index (χ3n) is 3.24. The fourth-order valence-corrected chi connectivity index (χ4v) is 2.85. The quantitative estimate of drug-likeness (QED) is 0.885. The lowest BCUT2D eigenvalue weighted by Gasteiger charge is -2.13. The van der Waals surface area contributed by atoms with Crippen LogP contribution in [0.4, 0.5) is 5.69 Å². The molecular formula is C16H18N2O3S. The number of anilines is 1. The number of rotatable bonds is 5. The molecule has 22 heavy (non-hydrogen) atoms. The number of sulfone groups is 1. The van der Waals surface area contributed by atoms with E-state index in [0.29, 0.717) is 12.1 Å². The van der Waals surface area contributed by atoms with Gasteiger partial charge in [0.2, 0.25) is 5.91 Å². The van der Waals surface area contributed by atoms with Crippen LogP contribution in [-0.4, -0.2) is 27.1 Å². The number of carbonyl (C=O) groups excluding carboxylic acids is 1. The standard InChI is InChI=1S/C16H18N2O3S/c1-3-18-15-10-12(16(17)19)7-8-14(15)11-5-4-6-13(9-11)22(2,20)21/h4-10,18H,3H2,1-2H3,(H2,17,19). The Balaban J connectivity index is 2.59. The number of primary amides is 1. The first-order chi connectivity index (χ1) is 10.3. The van der Waals surface area contributed by atoms with Gasteiger partial charge in [0.15, 0.2) is 9.84 Å². The van der Waals surface area contributed by atoms with Crippen molar-refractivity contribution in [3.05, 3.63) is 48.0 Å². The van der Waals surface area contributed by atoms with Gasteiger partial charge in [-0.05, 0) is 36.8 Å². The number of amides is 1. The van der Waals surface area contributed by atoms with Crippen LogP contribution in [0.3, 0.4) is 0 Å². The van der Waals surface area contributed by atoms with Gasteiger partial charge in [-0.2, -0.15) is 0 Å². The highest BCUT2D eigenvalue weighted by Crippen LogP contribution is 2.30. The molecule has 116 valence electrons. The number of nitrogens with one attached hydrogen (secondary N) is 1. The highest BCUT2D eigenvalue weighted by atomic mass is 32.2. The molecule has 0 aliphatic rings. The first-order valence-electron chi connectivity index (χ1n) is 6.81. The summed E-state index contributed by atoms with van der Waals surface area (Å²) in [7, 11) is -3.27. The maximum absolute atomic E-state index is 11.7. The van der Waals surface area contributed by atoms with Crippen molar-refractivity contribution in [2.24, 2.45) is 5.73 Å². The van der Waals surface area contributed by atoms with Gasteiger partial charge in [-0.15, -0.1) is 0 Å². The van der Waals surface area contributed by atoms with E-state index in [9.17, 15) is 13.2 Å². The van der Waals surface area contributed by atoms with Gasteiger partial charge in [0.25, 0.3) is 0 Å². The van der Waals surface area contributed by atoms with Crippen LogP contribution in [0.25, 0.3) is 11.1 Å². The van der Waals surface area contributed by atoms with Crippen LogP contribution in [0, 0.1) is 0 Å². The Labute approximate surface area is 130 Å². The minimum Gasteiger partial charge on any atom is -0.385 e. The lowest BCUT2D eigenvalue weighted by Crippen LogP contribution is -2.11. The van der Waals surface area contributed by atoms with Gasteiger partial charge >= 0.3 is 0 Å². The van der Waals surface area contributed by atoms with Crippen molar-refractivity contribution >= 4 is 21.4 Å². The molecule has 0 atom stereocenters. The average molecular weight is 318 g/mol. The van der Waals surface area contributed by atoms with E-state index in [1.807, 2.05) is 13.0 Å². The minimum absolute atomic E-state index is 0.256. The van der Waals surface area contributed by atoms with Crippen LogP contribution in [0.1, 0.15) is 17.3 Å². The molecule has 2 rings (SSSR count). The first-order valence-corrected chi connectivity index (χ1v) is 8.70. The van der Waals surface area contributed by atoms with Crippen LogP contribution in [-0.2, 0) is 9.84 Å². The Morgan fingerprint density at radius 1 is 1.18 bits per heavy atom. The van der Waals surface area contributed by atoms with E-state index in [-0.39, 0.29) is 4.90 Å². The maximum atomic E-state index is 11.7. The van der Waals surface area contributed by atoms with Gasteiger partial charge in [0, 0.05) is 29.6 Å². The Morgan fingerprint density at radius 2 is 1.91 bits per heavy atom. The molecule has 0 heterocycles. The SMILES string of the molecule is CCNc1cc(C(N)=O)ccc1-c1cccc(S(C)(=O)=O)c1. The van der Waals surface area contributed by atoms with E-state index in [2.05, 4.69) is 5.32 Å². The summed E-state index contributed by atoms with van der Waals surface area (Å²) in [5.74, 6) is -0.504. The molecule has 0 unspecified atom stereocenters. The zero-order valence-electron chi connectivity index (χ0n) is 12.5. The topological polar surface area (TPSA) is 89.3 Å². The van der Waals surface area contributed by atoms with Crippen molar-refractivity contribution < 1.29 is 13.2 Å². The Bertz CT molecular complexity index is 814. The number of carbonyl (C=O) groups is 1. The van der Waals surface area contributed by atoms with Crippen molar-refractivity contribution in [3.63, 3.8) is 0 Å². The molecule has 5 nitrogen and oxygen atoms in total. The first kappa shape index (κ1) is 16.0. The lowest BCUT2D eigenvalue weighted by atomic mass is 10.0. The monoisotopic (exact) mass is 318 g/mol. The maximum Gasteiger partial charge on any atom is 0.248 e. The number of hydrogen-bond acceptors (Lipinski definition) is 4. The molecular weight excluding hydrogens is 300 g/mol. The highest BCUT2D eigenvalue weighted by Gasteiger charge is 2.12. The number of hydrogen-bond donors (Lipinski definition) is 2. The van der Waals surface area contributed by atoms with Crippen molar-refractivity contribution in [1.29, 1.82) is 0 Å². The van der Waals surface area contributed by atoms with Crippen molar-refractivity contribution in [2.75, 3.05) is 18.1 Å². The third kappa shape index (κ3) is 3.46. The zero-order chi connectivity index (χ0) is 16.3. The van der Waals surface area contributed by atoms with E-state index < -0.39 is 15.7 Å². The molecule has 0 spiro atoms. The second kappa shape index (κ2) is 6.19. The lowest BCUT2D eigenvalue weighted by molar-refractivity contribution is 0.100. The van der Waals surface area contributed by atoms with Crippen LogP contribution in [0.5, 0.6) is 0 Å². The normalized spacial score (nSPS) is 11.2. The van der Waals surface area contributed by atoms with Gasteiger partial charge in [-0.25, -0.2) is 8.42 Å². The second-order valence-electron chi connectivity index (χ2n) is 4.95. The summed E-state index contributed by atoms with van der Waals surface area (Å²) in [5, 5.41) is 3.17. The Kier molecular flexibility index (Phi) is 4.51.